The van der Waals surface area contributed by atoms with Gasteiger partial charge in [-0.1, -0.05) is 59.7 Å². The fourth-order valence-corrected chi connectivity index (χ4v) is 5.30. The number of carbonyl (C=O) groups is 3. The van der Waals surface area contributed by atoms with E-state index in [9.17, 15) is 14.4 Å². The van der Waals surface area contributed by atoms with E-state index in [1.165, 1.54) is 11.6 Å². The molecule has 4 aromatic rings. The Morgan fingerprint density at radius 3 is 1.95 bits per heavy atom. The minimum atomic E-state index is -0.824. The quantitative estimate of drug-likeness (QED) is 0.107. The summed E-state index contributed by atoms with van der Waals surface area (Å²) in [5.74, 6) is 0.114. The Hall–Kier alpha value is -4.64. The van der Waals surface area contributed by atoms with Crippen LogP contribution in [-0.2, 0) is 22.8 Å². The van der Waals surface area contributed by atoms with Gasteiger partial charge in [0, 0.05) is 0 Å². The van der Waals surface area contributed by atoms with Gasteiger partial charge in [-0.2, -0.15) is 0 Å². The van der Waals surface area contributed by atoms with E-state index in [4.69, 9.17) is 14.2 Å². The van der Waals surface area contributed by atoms with Crippen LogP contribution in [0.25, 0.3) is 6.08 Å². The maximum Gasteiger partial charge on any atom is 0.335 e. The van der Waals surface area contributed by atoms with Crippen molar-refractivity contribution < 1.29 is 28.6 Å². The number of halogens is 1. The summed E-state index contributed by atoms with van der Waals surface area (Å²) < 4.78 is 18.6. The first-order valence-corrected chi connectivity index (χ1v) is 15.1. The molecule has 0 atom stereocenters. The highest BCUT2D eigenvalue weighted by Gasteiger charge is 2.37. The predicted octanol–water partition coefficient (Wildman–Crippen LogP) is 7.13. The van der Waals surface area contributed by atoms with Crippen molar-refractivity contribution in [2.24, 2.45) is 0 Å². The molecular weight excluding hydrogens is 671 g/mol. The molecule has 0 unspecified atom stereocenters. The van der Waals surface area contributed by atoms with Gasteiger partial charge < -0.3 is 14.2 Å². The first kappa shape index (κ1) is 30.8. The lowest BCUT2D eigenvalue weighted by Gasteiger charge is -2.26. The first-order chi connectivity index (χ1) is 21.2. The van der Waals surface area contributed by atoms with E-state index in [1.54, 1.807) is 36.4 Å². The molecule has 0 bridgehead atoms. The van der Waals surface area contributed by atoms with Crippen LogP contribution in [0.4, 0.5) is 10.5 Å². The number of aryl methyl sites for hydroxylation is 2. The summed E-state index contributed by atoms with van der Waals surface area (Å²) in [6, 6.07) is 25.3. The summed E-state index contributed by atoms with van der Waals surface area (Å²) in [4.78, 5) is 40.0. The van der Waals surface area contributed by atoms with Crippen LogP contribution in [-0.4, -0.2) is 24.5 Å². The monoisotopic (exact) mass is 702 g/mol. The van der Waals surface area contributed by atoms with E-state index in [-0.39, 0.29) is 5.57 Å². The van der Waals surface area contributed by atoms with E-state index in [0.29, 0.717) is 48.3 Å². The van der Waals surface area contributed by atoms with E-state index in [0.717, 1.165) is 25.2 Å². The second kappa shape index (κ2) is 13.8. The minimum Gasteiger partial charge on any atom is -0.490 e. The molecule has 8 nitrogen and oxygen atoms in total. The number of hydrogen-bond donors (Lipinski definition) is 1. The Kier molecular flexibility index (Phi) is 9.64. The number of benzene rings is 4. The second-order valence-electron chi connectivity index (χ2n) is 10.3. The number of amides is 4. The van der Waals surface area contributed by atoms with Crippen molar-refractivity contribution >= 4 is 52.2 Å². The van der Waals surface area contributed by atoms with Crippen LogP contribution in [0.15, 0.2) is 90.5 Å². The van der Waals surface area contributed by atoms with E-state index >= 15 is 0 Å². The third-order valence-corrected chi connectivity index (χ3v) is 7.67. The van der Waals surface area contributed by atoms with Gasteiger partial charge in [-0.05, 0) is 103 Å². The van der Waals surface area contributed by atoms with Gasteiger partial charge in [-0.15, -0.1) is 0 Å². The van der Waals surface area contributed by atoms with Gasteiger partial charge in [0.15, 0.2) is 11.5 Å². The van der Waals surface area contributed by atoms with E-state index < -0.39 is 17.8 Å². The van der Waals surface area contributed by atoms with Crippen LogP contribution in [0.3, 0.4) is 0 Å². The summed E-state index contributed by atoms with van der Waals surface area (Å²) in [7, 11) is 0. The summed E-state index contributed by atoms with van der Waals surface area (Å²) in [6.07, 6.45) is 1.45. The number of nitrogens with one attached hydrogen (secondary N) is 1. The first-order valence-electron chi connectivity index (χ1n) is 14.1. The third kappa shape index (κ3) is 7.28. The molecule has 1 aliphatic heterocycles. The molecule has 0 spiro atoms. The largest absolute Gasteiger partial charge is 0.490 e. The maximum atomic E-state index is 13.5. The van der Waals surface area contributed by atoms with Crippen molar-refractivity contribution in [2.75, 3.05) is 11.5 Å². The van der Waals surface area contributed by atoms with Gasteiger partial charge in [0.05, 0.1) is 15.9 Å². The topological polar surface area (TPSA) is 94.2 Å². The Balaban J connectivity index is 1.35. The number of imide groups is 2. The van der Waals surface area contributed by atoms with Crippen molar-refractivity contribution in [3.8, 4) is 17.2 Å². The highest BCUT2D eigenvalue weighted by atomic mass is 127. The number of barbiturate groups is 1. The standard InChI is InChI=1S/C35H31IN2O6/c1-4-42-31-19-26(18-30(36)32(31)44-21-25-11-7-23(3)8-12-25)17-29-33(39)37-35(41)38(34(29)40)27-13-15-28(16-14-27)43-20-24-9-5-22(2)6-10-24/h5-19H,4,20-21H2,1-3H3,(H,37,39,41)/b29-17+. The highest BCUT2D eigenvalue weighted by molar-refractivity contribution is 14.1. The molecule has 5 rings (SSSR count). The Morgan fingerprint density at radius 1 is 0.773 bits per heavy atom. The van der Waals surface area contributed by atoms with Gasteiger partial charge in [0.25, 0.3) is 11.8 Å². The predicted molar refractivity (Wildman–Crippen MR) is 177 cm³/mol. The molecule has 1 fully saturated rings. The number of nitrogens with zero attached hydrogens (tertiary/aromatic N) is 1. The van der Waals surface area contributed by atoms with Crippen molar-refractivity contribution in [1.29, 1.82) is 0 Å². The molecule has 0 saturated carbocycles. The molecule has 0 aromatic heterocycles. The van der Waals surface area contributed by atoms with Gasteiger partial charge in [0.1, 0.15) is 24.5 Å². The smallest absolute Gasteiger partial charge is 0.335 e. The van der Waals surface area contributed by atoms with Crippen molar-refractivity contribution in [3.05, 3.63) is 122 Å². The molecule has 224 valence electrons. The molecule has 1 saturated heterocycles. The van der Waals surface area contributed by atoms with Crippen molar-refractivity contribution in [2.45, 2.75) is 34.0 Å². The molecular formula is C35H31IN2O6. The maximum absolute atomic E-state index is 13.5. The van der Waals surface area contributed by atoms with Crippen molar-refractivity contribution in [3.63, 3.8) is 0 Å². The fourth-order valence-electron chi connectivity index (χ4n) is 4.52. The third-order valence-electron chi connectivity index (χ3n) is 6.87. The van der Waals surface area contributed by atoms with Crippen LogP contribution < -0.4 is 24.4 Å². The lowest BCUT2D eigenvalue weighted by atomic mass is 10.1. The van der Waals surface area contributed by atoms with Crippen LogP contribution in [0.2, 0.25) is 0 Å². The summed E-state index contributed by atoms with van der Waals surface area (Å²) >= 11 is 2.14. The molecule has 0 aliphatic carbocycles. The Bertz CT molecular complexity index is 1710. The Morgan fingerprint density at radius 2 is 1.36 bits per heavy atom. The van der Waals surface area contributed by atoms with Crippen LogP contribution in [0, 0.1) is 17.4 Å². The average molecular weight is 703 g/mol. The van der Waals surface area contributed by atoms with Gasteiger partial charge >= 0.3 is 6.03 Å². The average Bonchev–Trinajstić information content (AvgIpc) is 3.00. The SMILES string of the molecule is CCOc1cc(/C=C2\C(=O)NC(=O)N(c3ccc(OCc4ccc(C)cc4)cc3)C2=O)cc(I)c1OCc1ccc(C)cc1. The lowest BCUT2D eigenvalue weighted by molar-refractivity contribution is -0.122. The van der Waals surface area contributed by atoms with Crippen LogP contribution in [0.1, 0.15) is 34.7 Å². The summed E-state index contributed by atoms with van der Waals surface area (Å²) in [5, 5.41) is 2.27. The van der Waals surface area contributed by atoms with Crippen molar-refractivity contribution in [1.82, 2.24) is 5.32 Å². The van der Waals surface area contributed by atoms with Crippen LogP contribution >= 0.6 is 22.6 Å². The molecule has 9 heteroatoms. The minimum absolute atomic E-state index is 0.184. The number of carbonyl (C=O) groups excluding carboxylic acids is 3. The molecule has 4 aromatic carbocycles. The number of hydrogen-bond acceptors (Lipinski definition) is 6. The molecule has 0 radical (unpaired) electrons. The zero-order chi connectivity index (χ0) is 31.2. The second-order valence-corrected chi connectivity index (χ2v) is 11.4. The van der Waals surface area contributed by atoms with Gasteiger partial charge in [0.2, 0.25) is 0 Å². The van der Waals surface area contributed by atoms with E-state index in [1.807, 2.05) is 69.3 Å². The van der Waals surface area contributed by atoms with E-state index in [2.05, 4.69) is 27.9 Å². The van der Waals surface area contributed by atoms with Gasteiger partial charge in [-0.3, -0.25) is 14.9 Å². The van der Waals surface area contributed by atoms with Crippen LogP contribution in [0.5, 0.6) is 17.2 Å². The number of rotatable bonds is 10. The molecule has 1 heterocycles. The molecule has 1 N–H and O–H groups in total. The molecule has 44 heavy (non-hydrogen) atoms. The normalized spacial score (nSPS) is 14.0. The zero-order valence-electron chi connectivity index (χ0n) is 24.6. The molecule has 4 amide bonds. The zero-order valence-corrected chi connectivity index (χ0v) is 26.7. The summed E-state index contributed by atoms with van der Waals surface area (Å²) in [6.45, 7) is 7.03. The Labute approximate surface area is 269 Å². The molecule has 1 aliphatic rings. The summed E-state index contributed by atoms with van der Waals surface area (Å²) in [5.41, 5.74) is 5.03. The lowest BCUT2D eigenvalue weighted by Crippen LogP contribution is -2.54. The number of urea groups is 1. The number of anilines is 1. The highest BCUT2D eigenvalue weighted by Crippen LogP contribution is 2.36. The number of ether oxygens (including phenoxy) is 3. The van der Waals surface area contributed by atoms with Gasteiger partial charge in [-0.25, -0.2) is 9.69 Å². The fraction of sp³-hybridized carbons (Fsp3) is 0.171.